The molecular formula is C18H18F2N2O3S. The van der Waals surface area contributed by atoms with Crippen LogP contribution in [0.4, 0.5) is 14.5 Å². The zero-order chi connectivity index (χ0) is 19.2. The molecule has 0 bridgehead atoms. The summed E-state index contributed by atoms with van der Waals surface area (Å²) < 4.78 is 52.8. The molecule has 0 fully saturated rings. The van der Waals surface area contributed by atoms with E-state index in [9.17, 15) is 22.0 Å². The summed E-state index contributed by atoms with van der Waals surface area (Å²) >= 11 is 0. The van der Waals surface area contributed by atoms with Gasteiger partial charge in [-0.05, 0) is 23.8 Å². The van der Waals surface area contributed by atoms with Gasteiger partial charge >= 0.3 is 0 Å². The lowest BCUT2D eigenvalue weighted by molar-refractivity contribution is -0.116. The Hall–Kier alpha value is -2.58. The number of nitrogens with zero attached hydrogens (tertiary/aromatic N) is 1. The average Bonchev–Trinajstić information content (AvgIpc) is 2.62. The van der Waals surface area contributed by atoms with Gasteiger partial charge in [0.2, 0.25) is 15.9 Å². The highest BCUT2D eigenvalue weighted by Gasteiger charge is 2.22. The second kappa shape index (κ2) is 8.68. The number of hydrogen-bond donors (Lipinski definition) is 1. The van der Waals surface area contributed by atoms with Crippen molar-refractivity contribution in [3.63, 3.8) is 0 Å². The van der Waals surface area contributed by atoms with Crippen molar-refractivity contribution in [3.05, 3.63) is 71.1 Å². The molecule has 1 N–H and O–H groups in total. The Balaban J connectivity index is 2.10. The minimum Gasteiger partial charge on any atom is -0.320 e. The van der Waals surface area contributed by atoms with Crippen molar-refractivity contribution in [2.75, 3.05) is 18.4 Å². The summed E-state index contributed by atoms with van der Waals surface area (Å²) in [5.41, 5.74) is 0.0794. The molecular weight excluding hydrogens is 362 g/mol. The molecule has 2 aromatic carbocycles. The van der Waals surface area contributed by atoms with E-state index in [0.29, 0.717) is 5.56 Å². The first-order valence-electron chi connectivity index (χ1n) is 7.80. The second-order valence-corrected chi connectivity index (χ2v) is 7.15. The van der Waals surface area contributed by atoms with E-state index < -0.39 is 39.8 Å². The fraction of sp³-hybridized carbons (Fsp3) is 0.167. The van der Waals surface area contributed by atoms with E-state index in [2.05, 4.69) is 5.32 Å². The Bertz CT molecular complexity index is 880. The molecule has 0 spiro atoms. The number of benzene rings is 2. The number of carbonyl (C=O) groups excluding carboxylic acids is 1. The van der Waals surface area contributed by atoms with Crippen molar-refractivity contribution in [3.8, 4) is 0 Å². The van der Waals surface area contributed by atoms with Crippen LogP contribution in [0.1, 0.15) is 12.5 Å². The van der Waals surface area contributed by atoms with Gasteiger partial charge in [0.25, 0.3) is 0 Å². The number of likely N-dealkylation sites (N-methyl/N-ethyl adjacent to an activating group) is 1. The maximum Gasteiger partial charge on any atom is 0.239 e. The number of para-hydroxylation sites is 1. The SMILES string of the molecule is CCN(CC(=O)Nc1c(F)cccc1F)S(=O)(=O)/C=C/c1ccccc1. The van der Waals surface area contributed by atoms with Crippen LogP contribution in [-0.4, -0.2) is 31.7 Å². The van der Waals surface area contributed by atoms with Crippen LogP contribution in [0.25, 0.3) is 6.08 Å². The van der Waals surface area contributed by atoms with Gasteiger partial charge < -0.3 is 5.32 Å². The van der Waals surface area contributed by atoms with Crippen LogP contribution in [0.3, 0.4) is 0 Å². The van der Waals surface area contributed by atoms with E-state index in [4.69, 9.17) is 0 Å². The summed E-state index contributed by atoms with van der Waals surface area (Å²) in [5, 5.41) is 3.06. The van der Waals surface area contributed by atoms with Gasteiger partial charge in [-0.2, -0.15) is 4.31 Å². The highest BCUT2D eigenvalue weighted by atomic mass is 32.2. The van der Waals surface area contributed by atoms with E-state index in [1.807, 2.05) is 0 Å². The van der Waals surface area contributed by atoms with Crippen LogP contribution in [0.15, 0.2) is 53.9 Å². The molecule has 0 aliphatic heterocycles. The van der Waals surface area contributed by atoms with Gasteiger partial charge in [0, 0.05) is 12.0 Å². The van der Waals surface area contributed by atoms with Crippen molar-refractivity contribution in [1.29, 1.82) is 0 Å². The van der Waals surface area contributed by atoms with Crippen LogP contribution >= 0.6 is 0 Å². The third-order valence-electron chi connectivity index (χ3n) is 3.49. The molecule has 0 radical (unpaired) electrons. The molecule has 138 valence electrons. The Kier molecular flexibility index (Phi) is 6.59. The van der Waals surface area contributed by atoms with Crippen LogP contribution in [0.2, 0.25) is 0 Å². The number of halogens is 2. The highest BCUT2D eigenvalue weighted by Crippen LogP contribution is 2.18. The smallest absolute Gasteiger partial charge is 0.239 e. The molecule has 0 unspecified atom stereocenters. The number of carbonyl (C=O) groups is 1. The first kappa shape index (κ1) is 19.7. The van der Waals surface area contributed by atoms with Gasteiger partial charge in [0.15, 0.2) is 0 Å². The zero-order valence-electron chi connectivity index (χ0n) is 14.0. The minimum absolute atomic E-state index is 0.0225. The maximum atomic E-state index is 13.6. The molecule has 5 nitrogen and oxygen atoms in total. The molecule has 0 saturated carbocycles. The number of amides is 1. The van der Waals surface area contributed by atoms with Crippen molar-refractivity contribution in [1.82, 2.24) is 4.31 Å². The lowest BCUT2D eigenvalue weighted by atomic mass is 10.2. The maximum absolute atomic E-state index is 13.6. The predicted octanol–water partition coefficient (Wildman–Crippen LogP) is 3.23. The normalized spacial score (nSPS) is 11.8. The molecule has 0 atom stereocenters. The highest BCUT2D eigenvalue weighted by molar-refractivity contribution is 7.92. The third kappa shape index (κ3) is 5.21. The molecule has 2 rings (SSSR count). The average molecular weight is 380 g/mol. The van der Waals surface area contributed by atoms with Crippen molar-refractivity contribution >= 4 is 27.7 Å². The van der Waals surface area contributed by atoms with Gasteiger partial charge in [-0.1, -0.05) is 43.3 Å². The Morgan fingerprint density at radius 3 is 2.27 bits per heavy atom. The van der Waals surface area contributed by atoms with E-state index in [-0.39, 0.29) is 6.54 Å². The van der Waals surface area contributed by atoms with Crippen LogP contribution < -0.4 is 5.32 Å². The molecule has 0 aliphatic carbocycles. The molecule has 26 heavy (non-hydrogen) atoms. The molecule has 0 saturated heterocycles. The summed E-state index contributed by atoms with van der Waals surface area (Å²) in [5.74, 6) is -2.71. The summed E-state index contributed by atoms with van der Waals surface area (Å²) in [6.07, 6.45) is 1.41. The van der Waals surface area contributed by atoms with Crippen molar-refractivity contribution in [2.24, 2.45) is 0 Å². The lowest BCUT2D eigenvalue weighted by Gasteiger charge is -2.18. The lowest BCUT2D eigenvalue weighted by Crippen LogP contribution is -2.37. The summed E-state index contributed by atoms with van der Waals surface area (Å²) in [7, 11) is -3.87. The number of sulfonamides is 1. The number of hydrogen-bond acceptors (Lipinski definition) is 3. The molecule has 0 aromatic heterocycles. The quantitative estimate of drug-likeness (QED) is 0.802. The molecule has 2 aromatic rings. The Morgan fingerprint density at radius 2 is 1.69 bits per heavy atom. The fourth-order valence-corrected chi connectivity index (χ4v) is 3.31. The Morgan fingerprint density at radius 1 is 1.08 bits per heavy atom. The molecule has 0 aliphatic rings. The zero-order valence-corrected chi connectivity index (χ0v) is 14.8. The number of nitrogens with one attached hydrogen (secondary N) is 1. The summed E-state index contributed by atoms with van der Waals surface area (Å²) in [6.45, 7) is 1.02. The van der Waals surface area contributed by atoms with Gasteiger partial charge in [-0.25, -0.2) is 17.2 Å². The van der Waals surface area contributed by atoms with E-state index >= 15 is 0 Å². The predicted molar refractivity (Wildman–Crippen MR) is 96.6 cm³/mol. The monoisotopic (exact) mass is 380 g/mol. The van der Waals surface area contributed by atoms with Crippen LogP contribution in [0.5, 0.6) is 0 Å². The standard InChI is InChI=1S/C18H18F2N2O3S/c1-2-22(26(24,25)12-11-14-7-4-3-5-8-14)13-17(23)21-18-15(19)9-6-10-16(18)20/h3-12H,2,13H2,1H3,(H,21,23)/b12-11+. The fourth-order valence-electron chi connectivity index (χ4n) is 2.15. The van der Waals surface area contributed by atoms with E-state index in [0.717, 1.165) is 27.9 Å². The summed E-state index contributed by atoms with van der Waals surface area (Å²) in [6, 6.07) is 12.0. The number of rotatable bonds is 7. The van der Waals surface area contributed by atoms with Crippen LogP contribution in [0, 0.1) is 11.6 Å². The molecule has 0 heterocycles. The summed E-state index contributed by atoms with van der Waals surface area (Å²) in [4.78, 5) is 12.0. The van der Waals surface area contributed by atoms with Gasteiger partial charge in [0.05, 0.1) is 6.54 Å². The first-order chi connectivity index (χ1) is 12.3. The van der Waals surface area contributed by atoms with E-state index in [1.54, 1.807) is 37.3 Å². The first-order valence-corrected chi connectivity index (χ1v) is 9.31. The molecule has 1 amide bonds. The van der Waals surface area contributed by atoms with Crippen molar-refractivity contribution in [2.45, 2.75) is 6.92 Å². The van der Waals surface area contributed by atoms with Gasteiger partial charge in [-0.15, -0.1) is 0 Å². The van der Waals surface area contributed by atoms with E-state index in [1.165, 1.54) is 6.08 Å². The largest absolute Gasteiger partial charge is 0.320 e. The van der Waals surface area contributed by atoms with Crippen LogP contribution in [-0.2, 0) is 14.8 Å². The number of anilines is 1. The topological polar surface area (TPSA) is 66.5 Å². The van der Waals surface area contributed by atoms with Gasteiger partial charge in [-0.3, -0.25) is 4.79 Å². The molecule has 8 heteroatoms. The van der Waals surface area contributed by atoms with Crippen molar-refractivity contribution < 1.29 is 22.0 Å². The minimum atomic E-state index is -3.87. The third-order valence-corrected chi connectivity index (χ3v) is 5.08. The van der Waals surface area contributed by atoms with Gasteiger partial charge in [0.1, 0.15) is 17.3 Å². The second-order valence-electron chi connectivity index (χ2n) is 5.33. The Labute approximate surface area is 151 Å².